The first kappa shape index (κ1) is 24.1. The minimum Gasteiger partial charge on any atom is -0.507 e. The molecule has 0 heterocycles. The molecule has 0 saturated heterocycles. The Hall–Kier alpha value is -3.60. The lowest BCUT2D eigenvalue weighted by Gasteiger charge is -2.19. The van der Waals surface area contributed by atoms with Crippen LogP contribution in [0.15, 0.2) is 53.4 Å². The average Bonchev–Trinajstić information content (AvgIpc) is 2.70. The first-order valence-corrected chi connectivity index (χ1v) is 10.9. The van der Waals surface area contributed by atoms with Crippen molar-refractivity contribution in [2.45, 2.75) is 30.8 Å². The van der Waals surface area contributed by atoms with Gasteiger partial charge in [0.05, 0.1) is 10.6 Å². The Kier molecular flexibility index (Phi) is 6.12. The summed E-state index contributed by atoms with van der Waals surface area (Å²) in [5.41, 5.74) is 0.0294. The van der Waals surface area contributed by atoms with Gasteiger partial charge in [-0.1, -0.05) is 42.0 Å². The number of carboxylic acids is 1. The van der Waals surface area contributed by atoms with Crippen LogP contribution in [0.2, 0.25) is 0 Å². The second kappa shape index (κ2) is 8.39. The van der Waals surface area contributed by atoms with Crippen LogP contribution in [-0.4, -0.2) is 36.6 Å². The number of carbonyl (C=O) groups is 2. The first-order chi connectivity index (χ1) is 15.2. The van der Waals surface area contributed by atoms with Gasteiger partial charge in [-0.3, -0.25) is 14.3 Å². The van der Waals surface area contributed by atoms with Crippen LogP contribution in [-0.2, 0) is 19.6 Å². The molecule has 3 N–H and O–H groups in total. The number of phenols is 1. The Morgan fingerprint density at radius 1 is 1.00 bits per heavy atom. The van der Waals surface area contributed by atoms with E-state index >= 15 is 0 Å². The molecular formula is C22H18F3NO6S. The van der Waals surface area contributed by atoms with Crippen LogP contribution in [0.25, 0.3) is 10.8 Å². The first-order valence-electron chi connectivity index (χ1n) is 9.42. The molecule has 1 atom stereocenters. The highest BCUT2D eigenvalue weighted by Gasteiger charge is 2.48. The highest BCUT2D eigenvalue weighted by atomic mass is 32.2. The van der Waals surface area contributed by atoms with E-state index in [0.29, 0.717) is 5.56 Å². The SMILES string of the molecule is Cc1ccc(S(=O)(=O)Nc2cc(C(C(=O)O)C(=O)C(F)(F)F)c(O)c3ccccc23)c(C)c1. The summed E-state index contributed by atoms with van der Waals surface area (Å²) in [6, 6.07) is 10.8. The summed E-state index contributed by atoms with van der Waals surface area (Å²) in [4.78, 5) is 23.3. The molecule has 0 spiro atoms. The van der Waals surface area contributed by atoms with Gasteiger partial charge in [0.15, 0.2) is 5.92 Å². The Labute approximate surface area is 186 Å². The summed E-state index contributed by atoms with van der Waals surface area (Å²) in [5, 5.41) is 19.9. The number of carbonyl (C=O) groups excluding carboxylic acids is 1. The lowest BCUT2D eigenvalue weighted by Crippen LogP contribution is -2.33. The van der Waals surface area contributed by atoms with Crippen molar-refractivity contribution in [3.63, 3.8) is 0 Å². The molecule has 0 saturated carbocycles. The molecule has 0 aliphatic rings. The smallest absolute Gasteiger partial charge is 0.451 e. The number of nitrogens with one attached hydrogen (secondary N) is 1. The minimum absolute atomic E-state index is 0.0932. The van der Waals surface area contributed by atoms with E-state index < -0.39 is 45.2 Å². The second-order valence-corrected chi connectivity index (χ2v) is 9.07. The monoisotopic (exact) mass is 481 g/mol. The topological polar surface area (TPSA) is 121 Å². The van der Waals surface area contributed by atoms with Crippen LogP contribution in [0.4, 0.5) is 18.9 Å². The number of fused-ring (bicyclic) bond motifs is 1. The van der Waals surface area contributed by atoms with E-state index in [1.807, 2.05) is 0 Å². The van der Waals surface area contributed by atoms with E-state index in [9.17, 15) is 41.4 Å². The fraction of sp³-hybridized carbons (Fsp3) is 0.182. The van der Waals surface area contributed by atoms with Crippen molar-refractivity contribution < 1.29 is 41.4 Å². The van der Waals surface area contributed by atoms with Crippen LogP contribution >= 0.6 is 0 Å². The fourth-order valence-electron chi connectivity index (χ4n) is 3.54. The maximum absolute atomic E-state index is 13.1. The molecule has 0 aliphatic heterocycles. The van der Waals surface area contributed by atoms with Crippen molar-refractivity contribution in [2.24, 2.45) is 0 Å². The Balaban J connectivity index is 2.25. The van der Waals surface area contributed by atoms with E-state index in [4.69, 9.17) is 0 Å². The molecule has 0 aromatic heterocycles. The number of ketones is 1. The third-order valence-corrected chi connectivity index (χ3v) is 6.54. The molecule has 1 unspecified atom stereocenters. The molecule has 0 fully saturated rings. The molecule has 7 nitrogen and oxygen atoms in total. The Morgan fingerprint density at radius 3 is 2.15 bits per heavy atom. The number of anilines is 1. The zero-order chi connectivity index (χ0) is 24.7. The molecule has 11 heteroatoms. The number of phenolic OH excluding ortho intramolecular Hbond substituents is 1. The number of hydrogen-bond acceptors (Lipinski definition) is 5. The molecule has 3 rings (SSSR count). The number of benzene rings is 3. The number of rotatable bonds is 6. The minimum atomic E-state index is -5.50. The fourth-order valence-corrected chi connectivity index (χ4v) is 4.84. The normalized spacial score (nSPS) is 13.0. The number of alkyl halides is 3. The lowest BCUT2D eigenvalue weighted by atomic mass is 9.90. The number of halogens is 3. The molecule has 3 aromatic rings. The van der Waals surface area contributed by atoms with Crippen molar-refractivity contribution in [1.29, 1.82) is 0 Å². The number of aromatic hydroxyl groups is 1. The standard InChI is InChI=1S/C22H18F3NO6S/c1-11-7-8-17(12(2)9-11)33(31,32)26-16-10-15(18(21(29)30)20(28)22(23,24)25)19(27)14-6-4-3-5-13(14)16/h3-10,18,26-27H,1-2H3,(H,29,30). The number of aliphatic carboxylic acids is 1. The number of sulfonamides is 1. The second-order valence-electron chi connectivity index (χ2n) is 7.42. The zero-order valence-corrected chi connectivity index (χ0v) is 18.1. The van der Waals surface area contributed by atoms with Gasteiger partial charge < -0.3 is 10.2 Å². The summed E-state index contributed by atoms with van der Waals surface area (Å²) in [6.45, 7) is 3.32. The van der Waals surface area contributed by atoms with Crippen LogP contribution in [0.3, 0.4) is 0 Å². The van der Waals surface area contributed by atoms with Gasteiger partial charge >= 0.3 is 12.1 Å². The maximum atomic E-state index is 13.1. The third kappa shape index (κ3) is 4.63. The van der Waals surface area contributed by atoms with Crippen LogP contribution in [0.1, 0.15) is 22.6 Å². The average molecular weight is 481 g/mol. The van der Waals surface area contributed by atoms with Crippen molar-refractivity contribution in [3.05, 3.63) is 65.2 Å². The maximum Gasteiger partial charge on any atom is 0.451 e. The van der Waals surface area contributed by atoms with E-state index in [-0.39, 0.29) is 21.4 Å². The van der Waals surface area contributed by atoms with E-state index in [1.165, 1.54) is 30.3 Å². The lowest BCUT2D eigenvalue weighted by molar-refractivity contribution is -0.176. The summed E-state index contributed by atoms with van der Waals surface area (Å²) in [6.07, 6.45) is -5.50. The quantitative estimate of drug-likeness (QED) is 0.357. The molecule has 174 valence electrons. The molecule has 0 amide bonds. The molecule has 3 aromatic carbocycles. The zero-order valence-electron chi connectivity index (χ0n) is 17.3. The molecular weight excluding hydrogens is 463 g/mol. The van der Waals surface area contributed by atoms with E-state index in [2.05, 4.69) is 4.72 Å². The van der Waals surface area contributed by atoms with Crippen molar-refractivity contribution in [2.75, 3.05) is 4.72 Å². The number of Topliss-reactive ketones (excluding diaryl/α,β-unsaturated/α-hetero) is 1. The Bertz CT molecular complexity index is 1380. The summed E-state index contributed by atoms with van der Waals surface area (Å²) in [5.74, 6) is -8.42. The van der Waals surface area contributed by atoms with Gasteiger partial charge in [-0.25, -0.2) is 8.42 Å². The predicted molar refractivity (Wildman–Crippen MR) is 114 cm³/mol. The summed E-state index contributed by atoms with van der Waals surface area (Å²) >= 11 is 0. The van der Waals surface area contributed by atoms with E-state index in [1.54, 1.807) is 26.0 Å². The van der Waals surface area contributed by atoms with Crippen LogP contribution < -0.4 is 4.72 Å². The van der Waals surface area contributed by atoms with Gasteiger partial charge in [0.25, 0.3) is 15.8 Å². The molecule has 0 aliphatic carbocycles. The third-order valence-electron chi connectivity index (χ3n) is 5.01. The molecule has 0 radical (unpaired) electrons. The summed E-state index contributed by atoms with van der Waals surface area (Å²) < 4.78 is 67.5. The van der Waals surface area contributed by atoms with Crippen LogP contribution in [0.5, 0.6) is 5.75 Å². The predicted octanol–water partition coefficient (Wildman–Crippen LogP) is 4.26. The van der Waals surface area contributed by atoms with Crippen molar-refractivity contribution in [1.82, 2.24) is 0 Å². The number of aryl methyl sites for hydroxylation is 2. The van der Waals surface area contributed by atoms with Gasteiger partial charge in [-0.15, -0.1) is 0 Å². The van der Waals surface area contributed by atoms with Crippen LogP contribution in [0, 0.1) is 13.8 Å². The number of hydrogen-bond donors (Lipinski definition) is 3. The van der Waals surface area contributed by atoms with Gasteiger partial charge in [-0.2, -0.15) is 13.2 Å². The van der Waals surface area contributed by atoms with Crippen molar-refractivity contribution in [3.8, 4) is 5.75 Å². The molecule has 33 heavy (non-hydrogen) atoms. The van der Waals surface area contributed by atoms with Crippen molar-refractivity contribution >= 4 is 38.2 Å². The van der Waals surface area contributed by atoms with E-state index in [0.717, 1.165) is 11.6 Å². The number of carboxylic acid groups (broad SMARTS) is 1. The molecule has 0 bridgehead atoms. The Morgan fingerprint density at radius 2 is 1.61 bits per heavy atom. The van der Waals surface area contributed by atoms with Gasteiger partial charge in [0.1, 0.15) is 5.75 Å². The summed E-state index contributed by atoms with van der Waals surface area (Å²) in [7, 11) is -4.26. The van der Waals surface area contributed by atoms with Gasteiger partial charge in [-0.05, 0) is 31.5 Å². The van der Waals surface area contributed by atoms with Gasteiger partial charge in [0.2, 0.25) is 0 Å². The highest BCUT2D eigenvalue weighted by molar-refractivity contribution is 7.92. The largest absolute Gasteiger partial charge is 0.507 e. The van der Waals surface area contributed by atoms with Gasteiger partial charge in [0, 0.05) is 16.3 Å². The highest BCUT2D eigenvalue weighted by Crippen LogP contribution is 2.41.